The average molecular weight is 209 g/mol. The Morgan fingerprint density at radius 1 is 1.43 bits per heavy atom. The molecule has 0 aliphatic heterocycles. The molecule has 2 rings (SSSR count). The Balaban J connectivity index is 2.23. The van der Waals surface area contributed by atoms with E-state index in [4.69, 9.17) is 11.6 Å². The third-order valence-corrected chi connectivity index (χ3v) is 2.03. The largest absolute Gasteiger partial charge is 0.324 e. The predicted molar refractivity (Wildman–Crippen MR) is 55.7 cm³/mol. The Kier molecular flexibility index (Phi) is 2.37. The maximum absolute atomic E-state index is 5.84. The van der Waals surface area contributed by atoms with Crippen molar-refractivity contribution in [1.29, 1.82) is 0 Å². The van der Waals surface area contributed by atoms with E-state index in [0.29, 0.717) is 11.0 Å². The molecule has 0 aliphatic carbocycles. The van der Waals surface area contributed by atoms with Crippen molar-refractivity contribution in [3.05, 3.63) is 35.6 Å². The Bertz CT molecular complexity index is 438. The summed E-state index contributed by atoms with van der Waals surface area (Å²) >= 11 is 5.84. The zero-order valence-corrected chi connectivity index (χ0v) is 8.36. The maximum atomic E-state index is 5.84. The maximum Gasteiger partial charge on any atom is 0.225 e. The van der Waals surface area contributed by atoms with E-state index in [0.717, 1.165) is 5.69 Å². The van der Waals surface area contributed by atoms with Crippen molar-refractivity contribution in [3.63, 3.8) is 0 Å². The van der Waals surface area contributed by atoms with Crippen LogP contribution in [0.25, 0.3) is 0 Å². The molecule has 0 atom stereocenters. The minimum absolute atomic E-state index is 0.687. The number of rotatable bonds is 2. The van der Waals surface area contributed by atoms with Crippen molar-refractivity contribution in [3.8, 4) is 0 Å². The van der Waals surface area contributed by atoms with E-state index in [9.17, 15) is 0 Å². The number of anilines is 2. The molecule has 4 nitrogen and oxygen atoms in total. The van der Waals surface area contributed by atoms with Crippen LogP contribution in [0.15, 0.2) is 30.6 Å². The van der Waals surface area contributed by atoms with Gasteiger partial charge in [-0.1, -0.05) is 17.7 Å². The first-order valence-electron chi connectivity index (χ1n) is 4.12. The van der Waals surface area contributed by atoms with E-state index in [1.54, 1.807) is 4.68 Å². The summed E-state index contributed by atoms with van der Waals surface area (Å²) < 4.78 is 1.65. The molecule has 0 bridgehead atoms. The molecule has 5 heteroatoms. The number of halogens is 1. The van der Waals surface area contributed by atoms with E-state index in [1.807, 2.05) is 31.3 Å². The summed E-state index contributed by atoms with van der Waals surface area (Å²) in [6.07, 6.45) is 1.49. The number of hydrogen-bond donors (Lipinski definition) is 1. The van der Waals surface area contributed by atoms with Crippen molar-refractivity contribution >= 4 is 23.2 Å². The van der Waals surface area contributed by atoms with Gasteiger partial charge >= 0.3 is 0 Å². The molecule has 2 aromatic rings. The van der Waals surface area contributed by atoms with Crippen LogP contribution < -0.4 is 5.32 Å². The molecular formula is C9H9ClN4. The molecule has 0 saturated carbocycles. The molecule has 72 valence electrons. The first-order chi connectivity index (χ1) is 6.75. The topological polar surface area (TPSA) is 42.7 Å². The minimum Gasteiger partial charge on any atom is -0.324 e. The van der Waals surface area contributed by atoms with Crippen molar-refractivity contribution < 1.29 is 0 Å². The fraction of sp³-hybridized carbons (Fsp3) is 0.111. The lowest BCUT2D eigenvalue weighted by atomic mass is 10.3. The molecule has 0 spiro atoms. The second-order valence-corrected chi connectivity index (χ2v) is 3.28. The van der Waals surface area contributed by atoms with E-state index in [1.165, 1.54) is 6.33 Å². The minimum atomic E-state index is 0.687. The van der Waals surface area contributed by atoms with Crippen LogP contribution in [-0.4, -0.2) is 14.8 Å². The fourth-order valence-corrected chi connectivity index (χ4v) is 1.30. The smallest absolute Gasteiger partial charge is 0.225 e. The summed E-state index contributed by atoms with van der Waals surface area (Å²) in [6, 6.07) is 7.45. The molecule has 0 unspecified atom stereocenters. The summed E-state index contributed by atoms with van der Waals surface area (Å²) in [4.78, 5) is 4.04. The van der Waals surface area contributed by atoms with Crippen molar-refractivity contribution in [2.75, 3.05) is 5.32 Å². The molecule has 0 amide bonds. The van der Waals surface area contributed by atoms with E-state index >= 15 is 0 Å². The molecule has 0 saturated heterocycles. The van der Waals surface area contributed by atoms with Crippen LogP contribution in [0.5, 0.6) is 0 Å². The Hall–Kier alpha value is -1.55. The highest BCUT2D eigenvalue weighted by Gasteiger charge is 2.00. The molecule has 0 aliphatic rings. The molecule has 1 N–H and O–H groups in total. The molecule has 1 aromatic heterocycles. The van der Waals surface area contributed by atoms with Gasteiger partial charge in [-0.25, -0.2) is 4.68 Å². The zero-order valence-electron chi connectivity index (χ0n) is 7.61. The highest BCUT2D eigenvalue weighted by Crippen LogP contribution is 2.17. The first-order valence-corrected chi connectivity index (χ1v) is 4.50. The Morgan fingerprint density at radius 2 is 2.29 bits per heavy atom. The van der Waals surface area contributed by atoms with E-state index < -0.39 is 0 Å². The molecule has 0 radical (unpaired) electrons. The number of benzene rings is 1. The van der Waals surface area contributed by atoms with Crippen molar-refractivity contribution in [2.45, 2.75) is 0 Å². The summed E-state index contributed by atoms with van der Waals surface area (Å²) in [5.41, 5.74) is 0.897. The van der Waals surface area contributed by atoms with Gasteiger partial charge in [-0.05, 0) is 18.2 Å². The van der Waals surface area contributed by atoms with Crippen LogP contribution in [0.4, 0.5) is 11.6 Å². The lowest BCUT2D eigenvalue weighted by molar-refractivity contribution is 0.775. The fourth-order valence-electron chi connectivity index (χ4n) is 1.10. The Labute approximate surface area is 86.5 Å². The summed E-state index contributed by atoms with van der Waals surface area (Å²) in [7, 11) is 1.82. The van der Waals surface area contributed by atoms with Crippen LogP contribution in [0, 0.1) is 0 Å². The highest BCUT2D eigenvalue weighted by molar-refractivity contribution is 6.30. The van der Waals surface area contributed by atoms with Crippen LogP contribution in [-0.2, 0) is 7.05 Å². The zero-order chi connectivity index (χ0) is 9.97. The lowest BCUT2D eigenvalue weighted by Gasteiger charge is -2.04. The van der Waals surface area contributed by atoms with Crippen LogP contribution in [0.1, 0.15) is 0 Å². The molecular weight excluding hydrogens is 200 g/mol. The first kappa shape index (κ1) is 9.02. The summed E-state index contributed by atoms with van der Waals surface area (Å²) in [5.74, 6) is 0.687. The van der Waals surface area contributed by atoms with Crippen LogP contribution >= 0.6 is 11.6 Å². The van der Waals surface area contributed by atoms with Gasteiger partial charge in [-0.15, -0.1) is 0 Å². The van der Waals surface area contributed by atoms with Gasteiger partial charge in [0.25, 0.3) is 0 Å². The van der Waals surface area contributed by atoms with Gasteiger partial charge in [-0.2, -0.15) is 10.1 Å². The SMILES string of the molecule is Cn1ncnc1Nc1cccc(Cl)c1. The van der Waals surface area contributed by atoms with Crippen molar-refractivity contribution in [2.24, 2.45) is 7.05 Å². The number of nitrogens with zero attached hydrogens (tertiary/aromatic N) is 3. The Morgan fingerprint density at radius 3 is 2.93 bits per heavy atom. The molecule has 1 heterocycles. The van der Waals surface area contributed by atoms with E-state index in [2.05, 4.69) is 15.4 Å². The number of hydrogen-bond acceptors (Lipinski definition) is 3. The van der Waals surface area contributed by atoms with Gasteiger partial charge in [0, 0.05) is 17.8 Å². The number of aryl methyl sites for hydroxylation is 1. The summed E-state index contributed by atoms with van der Waals surface area (Å²) in [6.45, 7) is 0. The quantitative estimate of drug-likeness (QED) is 0.823. The van der Waals surface area contributed by atoms with Gasteiger partial charge in [-0.3, -0.25) is 0 Å². The van der Waals surface area contributed by atoms with Gasteiger partial charge in [0.1, 0.15) is 6.33 Å². The van der Waals surface area contributed by atoms with Crippen LogP contribution in [0.2, 0.25) is 5.02 Å². The van der Waals surface area contributed by atoms with Crippen LogP contribution in [0.3, 0.4) is 0 Å². The van der Waals surface area contributed by atoms with Gasteiger partial charge < -0.3 is 5.32 Å². The molecule has 1 aromatic carbocycles. The monoisotopic (exact) mass is 208 g/mol. The van der Waals surface area contributed by atoms with Gasteiger partial charge in [0.2, 0.25) is 5.95 Å². The highest BCUT2D eigenvalue weighted by atomic mass is 35.5. The number of nitrogens with one attached hydrogen (secondary N) is 1. The standard InChI is InChI=1S/C9H9ClN4/c1-14-9(11-6-12-14)13-8-4-2-3-7(10)5-8/h2-6H,1H3,(H,11,12,13). The van der Waals surface area contributed by atoms with Gasteiger partial charge in [0.05, 0.1) is 0 Å². The predicted octanol–water partition coefficient (Wildman–Crippen LogP) is 2.21. The van der Waals surface area contributed by atoms with Gasteiger partial charge in [0.15, 0.2) is 0 Å². The normalized spacial score (nSPS) is 10.1. The second-order valence-electron chi connectivity index (χ2n) is 2.84. The third kappa shape index (κ3) is 1.85. The lowest BCUT2D eigenvalue weighted by Crippen LogP contribution is -1.99. The number of aromatic nitrogens is 3. The second kappa shape index (κ2) is 3.67. The molecule has 0 fully saturated rings. The van der Waals surface area contributed by atoms with E-state index in [-0.39, 0.29) is 0 Å². The molecule has 14 heavy (non-hydrogen) atoms. The average Bonchev–Trinajstić information content (AvgIpc) is 2.52. The third-order valence-electron chi connectivity index (χ3n) is 1.79. The van der Waals surface area contributed by atoms with Crippen molar-refractivity contribution in [1.82, 2.24) is 14.8 Å². The summed E-state index contributed by atoms with van der Waals surface area (Å²) in [5, 5.41) is 7.74.